The number of nitrogens with zero attached hydrogens (tertiary/aromatic N) is 1. The third-order valence-corrected chi connectivity index (χ3v) is 3.70. The summed E-state index contributed by atoms with van der Waals surface area (Å²) >= 11 is 0. The Morgan fingerprint density at radius 3 is 2.53 bits per heavy atom. The second kappa shape index (κ2) is 4.49. The minimum Gasteiger partial charge on any atom is -0.468 e. The fourth-order valence-corrected chi connectivity index (χ4v) is 2.99. The third kappa shape index (κ3) is 2.32. The summed E-state index contributed by atoms with van der Waals surface area (Å²) in [5.41, 5.74) is 6.01. The second-order valence-corrected chi connectivity index (χ2v) is 4.72. The molecule has 0 aromatic rings. The molecule has 0 aromatic carbocycles. The highest BCUT2D eigenvalue weighted by Gasteiger charge is 2.37. The van der Waals surface area contributed by atoms with Crippen LogP contribution in [0.2, 0.25) is 0 Å². The van der Waals surface area contributed by atoms with Gasteiger partial charge in [0.05, 0.1) is 13.7 Å². The first kappa shape index (κ1) is 10.9. The number of carbonyl (C=O) groups excluding carboxylic acids is 1. The molecule has 0 amide bonds. The van der Waals surface area contributed by atoms with E-state index in [-0.39, 0.29) is 5.97 Å². The fraction of sp³-hybridized carbons (Fsp3) is 0.909. The maximum absolute atomic E-state index is 11.3. The number of rotatable bonds is 2. The third-order valence-electron chi connectivity index (χ3n) is 3.70. The topological polar surface area (TPSA) is 55.6 Å². The van der Waals surface area contributed by atoms with Crippen LogP contribution in [0.1, 0.15) is 32.1 Å². The molecule has 4 nitrogen and oxygen atoms in total. The highest BCUT2D eigenvalue weighted by Crippen LogP contribution is 2.32. The van der Waals surface area contributed by atoms with Gasteiger partial charge in [0.2, 0.25) is 0 Å². The zero-order chi connectivity index (χ0) is 10.8. The van der Waals surface area contributed by atoms with Crippen LogP contribution >= 0.6 is 0 Å². The molecule has 0 aliphatic carbocycles. The number of nitrogens with two attached hydrogens (primary N) is 1. The van der Waals surface area contributed by atoms with Gasteiger partial charge >= 0.3 is 5.97 Å². The molecule has 2 unspecified atom stereocenters. The molecule has 2 rings (SSSR count). The van der Waals surface area contributed by atoms with E-state index in [2.05, 4.69) is 4.90 Å². The maximum atomic E-state index is 11.3. The molecule has 4 heteroatoms. The Morgan fingerprint density at radius 1 is 1.40 bits per heavy atom. The molecule has 2 atom stereocenters. The molecule has 2 saturated heterocycles. The van der Waals surface area contributed by atoms with Crippen molar-refractivity contribution in [2.24, 2.45) is 5.73 Å². The summed E-state index contributed by atoms with van der Waals surface area (Å²) in [6.07, 6.45) is 5.71. The van der Waals surface area contributed by atoms with Gasteiger partial charge in [-0.25, -0.2) is 0 Å². The summed E-state index contributed by atoms with van der Waals surface area (Å²) in [4.78, 5) is 13.6. The lowest BCUT2D eigenvalue weighted by Crippen LogP contribution is -2.56. The van der Waals surface area contributed by atoms with Crippen molar-refractivity contribution >= 4 is 5.97 Å². The van der Waals surface area contributed by atoms with E-state index in [9.17, 15) is 4.79 Å². The lowest BCUT2D eigenvalue weighted by Gasteiger charge is -2.47. The predicted molar refractivity (Wildman–Crippen MR) is 57.4 cm³/mol. The number of esters is 1. The van der Waals surface area contributed by atoms with Gasteiger partial charge in [0.25, 0.3) is 0 Å². The molecule has 0 aromatic heterocycles. The van der Waals surface area contributed by atoms with Gasteiger partial charge in [-0.2, -0.15) is 0 Å². The normalized spacial score (nSPS) is 36.3. The van der Waals surface area contributed by atoms with Crippen LogP contribution in [0.3, 0.4) is 0 Å². The van der Waals surface area contributed by atoms with Crippen LogP contribution in [0.25, 0.3) is 0 Å². The van der Waals surface area contributed by atoms with Crippen LogP contribution in [0.5, 0.6) is 0 Å². The molecular weight excluding hydrogens is 192 g/mol. The molecule has 0 spiro atoms. The smallest absolute Gasteiger partial charge is 0.319 e. The second-order valence-electron chi connectivity index (χ2n) is 4.72. The summed E-state index contributed by atoms with van der Waals surface area (Å²) in [6.45, 7) is 0.443. The lowest BCUT2D eigenvalue weighted by atomic mass is 9.82. The monoisotopic (exact) mass is 212 g/mol. The van der Waals surface area contributed by atoms with E-state index in [1.807, 2.05) is 0 Å². The lowest BCUT2D eigenvalue weighted by molar-refractivity contribution is -0.144. The predicted octanol–water partition coefficient (Wildman–Crippen LogP) is 0.504. The molecule has 15 heavy (non-hydrogen) atoms. The summed E-state index contributed by atoms with van der Waals surface area (Å²) < 4.78 is 4.73. The Kier molecular flexibility index (Phi) is 3.26. The van der Waals surface area contributed by atoms with E-state index in [1.165, 1.54) is 26.4 Å². The zero-order valence-corrected chi connectivity index (χ0v) is 9.32. The van der Waals surface area contributed by atoms with Crippen molar-refractivity contribution in [3.05, 3.63) is 0 Å². The molecule has 0 saturated carbocycles. The van der Waals surface area contributed by atoms with Gasteiger partial charge in [0.1, 0.15) is 0 Å². The van der Waals surface area contributed by atoms with Gasteiger partial charge < -0.3 is 10.5 Å². The summed E-state index contributed by atoms with van der Waals surface area (Å²) in [5.74, 6) is -0.123. The first-order chi connectivity index (χ1) is 7.20. The summed E-state index contributed by atoms with van der Waals surface area (Å²) in [6, 6.07) is 1.34. The van der Waals surface area contributed by atoms with E-state index in [0.717, 1.165) is 12.8 Å². The summed E-state index contributed by atoms with van der Waals surface area (Å²) in [5, 5.41) is 0. The van der Waals surface area contributed by atoms with Crippen molar-refractivity contribution in [1.29, 1.82) is 0 Å². The van der Waals surface area contributed by atoms with Gasteiger partial charge in [-0.15, -0.1) is 0 Å². The van der Waals surface area contributed by atoms with E-state index >= 15 is 0 Å². The minimum absolute atomic E-state index is 0.123. The van der Waals surface area contributed by atoms with Crippen LogP contribution < -0.4 is 5.73 Å². The number of hydrogen-bond donors (Lipinski definition) is 1. The molecule has 2 aliphatic rings. The van der Waals surface area contributed by atoms with Gasteiger partial charge in [-0.05, 0) is 25.7 Å². The van der Waals surface area contributed by atoms with Crippen molar-refractivity contribution in [2.75, 3.05) is 13.7 Å². The Labute approximate surface area is 90.8 Å². The summed E-state index contributed by atoms with van der Waals surface area (Å²) in [7, 11) is 1.45. The van der Waals surface area contributed by atoms with Crippen molar-refractivity contribution in [3.63, 3.8) is 0 Å². The van der Waals surface area contributed by atoms with E-state index in [1.54, 1.807) is 0 Å². The Bertz CT molecular complexity index is 231. The van der Waals surface area contributed by atoms with Gasteiger partial charge in [0.15, 0.2) is 0 Å². The van der Waals surface area contributed by atoms with Gasteiger partial charge in [-0.1, -0.05) is 6.42 Å². The Hall–Kier alpha value is -0.610. The minimum atomic E-state index is -0.123. The van der Waals surface area contributed by atoms with Crippen LogP contribution in [0.4, 0.5) is 0 Å². The highest BCUT2D eigenvalue weighted by molar-refractivity contribution is 5.71. The van der Waals surface area contributed by atoms with E-state index in [4.69, 9.17) is 10.5 Å². The highest BCUT2D eigenvalue weighted by atomic mass is 16.5. The standard InChI is InChI=1S/C11H20N2O2/c1-15-11(14)7-13-9-3-2-4-10(13)6-8(12)5-9/h8-10H,2-7,12H2,1H3. The Morgan fingerprint density at radius 2 is 2.00 bits per heavy atom. The number of carbonyl (C=O) groups is 1. The van der Waals surface area contributed by atoms with Gasteiger partial charge in [-0.3, -0.25) is 9.69 Å². The zero-order valence-electron chi connectivity index (χ0n) is 9.32. The van der Waals surface area contributed by atoms with Crippen molar-refractivity contribution in [3.8, 4) is 0 Å². The number of piperidine rings is 2. The maximum Gasteiger partial charge on any atom is 0.319 e. The first-order valence-electron chi connectivity index (χ1n) is 5.79. The number of fused-ring (bicyclic) bond motifs is 2. The molecule has 86 valence electrons. The quantitative estimate of drug-likeness (QED) is 0.677. The average Bonchev–Trinajstić information content (AvgIpc) is 2.19. The molecule has 2 N–H and O–H groups in total. The van der Waals surface area contributed by atoms with Crippen molar-refractivity contribution < 1.29 is 9.53 Å². The van der Waals surface area contributed by atoms with Crippen LogP contribution in [0, 0.1) is 0 Å². The SMILES string of the molecule is COC(=O)CN1C2CCCC1CC(N)C2. The van der Waals surface area contributed by atoms with E-state index < -0.39 is 0 Å². The largest absolute Gasteiger partial charge is 0.468 e. The van der Waals surface area contributed by atoms with Crippen LogP contribution in [0.15, 0.2) is 0 Å². The molecule has 2 aliphatic heterocycles. The molecule has 2 fully saturated rings. The van der Waals surface area contributed by atoms with Crippen molar-refractivity contribution in [1.82, 2.24) is 4.90 Å². The van der Waals surface area contributed by atoms with E-state index in [0.29, 0.717) is 24.7 Å². The molecule has 2 heterocycles. The fourth-order valence-electron chi connectivity index (χ4n) is 2.99. The average molecular weight is 212 g/mol. The van der Waals surface area contributed by atoms with Crippen molar-refractivity contribution in [2.45, 2.75) is 50.2 Å². The number of hydrogen-bond acceptors (Lipinski definition) is 4. The van der Waals surface area contributed by atoms with Crippen LogP contribution in [-0.2, 0) is 9.53 Å². The number of ether oxygens (including phenoxy) is 1. The van der Waals surface area contributed by atoms with Gasteiger partial charge in [0, 0.05) is 18.1 Å². The Balaban J connectivity index is 2.01. The molecular formula is C11H20N2O2. The number of methoxy groups -OCH3 is 1. The first-order valence-corrected chi connectivity index (χ1v) is 5.79. The molecule has 0 radical (unpaired) electrons. The van der Waals surface area contributed by atoms with Crippen LogP contribution in [-0.4, -0.2) is 42.6 Å². The molecule has 2 bridgehead atoms.